The fourth-order valence-corrected chi connectivity index (χ4v) is 9.41. The average Bonchev–Trinajstić information content (AvgIpc) is 3.73. The second kappa shape index (κ2) is 15.2. The van der Waals surface area contributed by atoms with E-state index in [9.17, 15) is 22.0 Å². The molecule has 1 aliphatic heterocycles. The number of carbonyl (C=O) groups is 1. The smallest absolute Gasteiger partial charge is 0.315 e. The number of aromatic amines is 1. The summed E-state index contributed by atoms with van der Waals surface area (Å²) < 4.78 is 99.2. The van der Waals surface area contributed by atoms with Crippen LogP contribution in [-0.4, -0.2) is 58.7 Å². The highest BCUT2D eigenvalue weighted by atomic mass is 32.2. The van der Waals surface area contributed by atoms with Crippen molar-refractivity contribution in [2.75, 3.05) is 18.1 Å². The lowest BCUT2D eigenvalue weighted by Crippen LogP contribution is -2.30. The molecule has 3 aromatic carbocycles. The molecule has 288 valence electrons. The molecule has 6 rings (SSSR count). The first-order valence-electron chi connectivity index (χ1n) is 17.9. The summed E-state index contributed by atoms with van der Waals surface area (Å²) in [5.41, 5.74) is 0.428. The molecule has 1 aliphatic rings. The predicted octanol–water partition coefficient (Wildman–Crippen LogP) is 8.49. The third-order valence-electron chi connectivity index (χ3n) is 10.2. The Bertz CT molecular complexity index is 2290. The van der Waals surface area contributed by atoms with E-state index in [-0.39, 0.29) is 53.8 Å². The van der Waals surface area contributed by atoms with Gasteiger partial charge in [-0.2, -0.15) is 5.10 Å². The van der Waals surface area contributed by atoms with Gasteiger partial charge in [0.25, 0.3) is 6.43 Å². The molecule has 0 saturated carbocycles. The van der Waals surface area contributed by atoms with Crippen LogP contribution in [0.3, 0.4) is 0 Å². The van der Waals surface area contributed by atoms with Gasteiger partial charge in [-0.1, -0.05) is 44.5 Å². The van der Waals surface area contributed by atoms with E-state index in [0.29, 0.717) is 52.7 Å². The molecule has 9 nitrogen and oxygen atoms in total. The molecule has 2 aromatic heterocycles. The van der Waals surface area contributed by atoms with E-state index >= 15 is 8.78 Å². The predicted molar refractivity (Wildman–Crippen MR) is 197 cm³/mol. The van der Waals surface area contributed by atoms with Crippen molar-refractivity contribution in [3.05, 3.63) is 94.9 Å². The van der Waals surface area contributed by atoms with Crippen LogP contribution in [0.4, 0.5) is 17.6 Å². The third-order valence-corrected chi connectivity index (χ3v) is 12.3. The van der Waals surface area contributed by atoms with E-state index in [1.54, 1.807) is 44.4 Å². The van der Waals surface area contributed by atoms with E-state index in [1.165, 1.54) is 28.9 Å². The first-order valence-corrected chi connectivity index (χ1v) is 19.7. The van der Waals surface area contributed by atoms with Crippen LogP contribution < -0.4 is 4.74 Å². The second-order valence-electron chi connectivity index (χ2n) is 15.0. The number of nitrogens with one attached hydrogen (secondary N) is 1. The number of alkyl halides is 2. The molecular weight excluding hydrogens is 725 g/mol. The number of ether oxygens (including phenoxy) is 2. The third kappa shape index (κ3) is 8.18. The van der Waals surface area contributed by atoms with Crippen molar-refractivity contribution in [2.45, 2.75) is 71.6 Å². The molecule has 0 fully saturated rings. The summed E-state index contributed by atoms with van der Waals surface area (Å²) in [7, 11) is -2.04. The van der Waals surface area contributed by atoms with Gasteiger partial charge in [0, 0.05) is 35.8 Å². The number of nitrogens with zero attached hydrogens (tertiary/aromatic N) is 3. The van der Waals surface area contributed by atoms with Crippen molar-refractivity contribution in [3.63, 3.8) is 0 Å². The Balaban J connectivity index is 1.47. The zero-order chi connectivity index (χ0) is 39.0. The summed E-state index contributed by atoms with van der Waals surface area (Å²) in [6.45, 7) is 7.20. The van der Waals surface area contributed by atoms with Gasteiger partial charge in [-0.3, -0.25) is 4.79 Å². The van der Waals surface area contributed by atoms with E-state index in [0.717, 1.165) is 0 Å². The van der Waals surface area contributed by atoms with Crippen molar-refractivity contribution in [1.82, 2.24) is 19.7 Å². The average molecular weight is 769 g/mol. The molecule has 14 heteroatoms. The number of benzene rings is 3. The Labute approximate surface area is 312 Å². The van der Waals surface area contributed by atoms with E-state index in [4.69, 9.17) is 19.6 Å². The summed E-state index contributed by atoms with van der Waals surface area (Å²) in [6.07, 6.45) is -0.139. The van der Waals surface area contributed by atoms with Crippen molar-refractivity contribution < 1.29 is 40.2 Å². The molecule has 0 saturated heterocycles. The van der Waals surface area contributed by atoms with Gasteiger partial charge < -0.3 is 14.5 Å². The SMILES string of the molecule is CCOC(=O)C(Cc1cccc(C2(C)CCCC(C)(C)CS(=O)(=O)CCc3c(c(F)cc4[nH]ccc34)Oc3ccc(F)c(c3)-c3nc2nn3C)c1)C(F)F. The Kier molecular flexibility index (Phi) is 11.0. The zero-order valence-electron chi connectivity index (χ0n) is 30.9. The highest BCUT2D eigenvalue weighted by Crippen LogP contribution is 2.41. The topological polar surface area (TPSA) is 116 Å². The number of hydrogen-bond acceptors (Lipinski definition) is 7. The maximum Gasteiger partial charge on any atom is 0.315 e. The van der Waals surface area contributed by atoms with Crippen LogP contribution in [0.2, 0.25) is 0 Å². The zero-order valence-corrected chi connectivity index (χ0v) is 31.7. The van der Waals surface area contributed by atoms with Crippen molar-refractivity contribution in [3.8, 4) is 22.9 Å². The van der Waals surface area contributed by atoms with Crippen molar-refractivity contribution >= 4 is 26.7 Å². The first kappa shape index (κ1) is 39.0. The van der Waals surface area contributed by atoms with Crippen LogP contribution in [0.15, 0.2) is 60.8 Å². The normalized spacial score (nSPS) is 19.4. The molecular formula is C40H44F4N4O5S. The maximum atomic E-state index is 15.7. The van der Waals surface area contributed by atoms with Crippen LogP contribution >= 0.6 is 0 Å². The van der Waals surface area contributed by atoms with Crippen LogP contribution in [0.1, 0.15) is 69.5 Å². The minimum atomic E-state index is -3.66. The van der Waals surface area contributed by atoms with E-state index < -0.39 is 50.6 Å². The number of hydrogen-bond donors (Lipinski definition) is 1. The first-order chi connectivity index (χ1) is 25.5. The molecule has 3 heterocycles. The minimum absolute atomic E-state index is 0.0163. The highest BCUT2D eigenvalue weighted by molar-refractivity contribution is 7.91. The number of esters is 1. The Hall–Kier alpha value is -4.72. The molecule has 1 N–H and O–H groups in total. The quantitative estimate of drug-likeness (QED) is 0.136. The molecule has 5 aromatic rings. The van der Waals surface area contributed by atoms with Crippen LogP contribution in [0.25, 0.3) is 22.3 Å². The van der Waals surface area contributed by atoms with Gasteiger partial charge in [-0.25, -0.2) is 35.6 Å². The largest absolute Gasteiger partial charge is 0.466 e. The van der Waals surface area contributed by atoms with Gasteiger partial charge in [-0.05, 0) is 80.3 Å². The summed E-state index contributed by atoms with van der Waals surface area (Å²) in [4.78, 5) is 20.2. The minimum Gasteiger partial charge on any atom is -0.466 e. The molecule has 0 radical (unpaired) electrons. The summed E-state index contributed by atoms with van der Waals surface area (Å²) in [6, 6.07) is 13.9. The van der Waals surface area contributed by atoms with Crippen molar-refractivity contribution in [1.29, 1.82) is 0 Å². The number of aryl methyl sites for hydroxylation is 2. The molecule has 2 atom stereocenters. The lowest BCUT2D eigenvalue weighted by Gasteiger charge is -2.31. The molecule has 54 heavy (non-hydrogen) atoms. The molecule has 0 amide bonds. The molecule has 4 bridgehead atoms. The van der Waals surface area contributed by atoms with Gasteiger partial charge in [0.1, 0.15) is 17.5 Å². The lowest BCUT2D eigenvalue weighted by atomic mass is 9.75. The number of rotatable bonds is 6. The van der Waals surface area contributed by atoms with Gasteiger partial charge in [0.05, 0.1) is 29.1 Å². The summed E-state index contributed by atoms with van der Waals surface area (Å²) in [5, 5.41) is 5.36. The van der Waals surface area contributed by atoms with Crippen molar-refractivity contribution in [2.24, 2.45) is 18.4 Å². The summed E-state index contributed by atoms with van der Waals surface area (Å²) in [5.74, 6) is -3.92. The number of carbonyl (C=O) groups excluding carboxylic acids is 1. The number of aromatic nitrogens is 4. The van der Waals surface area contributed by atoms with Gasteiger partial charge in [0.2, 0.25) is 0 Å². The fraction of sp³-hybridized carbons (Fsp3) is 0.425. The van der Waals surface area contributed by atoms with Gasteiger partial charge in [-0.15, -0.1) is 0 Å². The Morgan fingerprint density at radius 2 is 1.83 bits per heavy atom. The fourth-order valence-electron chi connectivity index (χ4n) is 7.41. The van der Waals surface area contributed by atoms with Crippen LogP contribution in [0.5, 0.6) is 11.5 Å². The Morgan fingerprint density at radius 1 is 1.06 bits per heavy atom. The lowest BCUT2D eigenvalue weighted by molar-refractivity contribution is -0.153. The van der Waals surface area contributed by atoms with Crippen LogP contribution in [0, 0.1) is 23.0 Å². The monoisotopic (exact) mass is 768 g/mol. The molecule has 0 spiro atoms. The molecule has 0 aliphatic carbocycles. The number of fused-ring (bicyclic) bond motifs is 8. The van der Waals surface area contributed by atoms with Gasteiger partial charge >= 0.3 is 5.97 Å². The maximum absolute atomic E-state index is 15.7. The molecule has 2 unspecified atom stereocenters. The second-order valence-corrected chi connectivity index (χ2v) is 17.2. The number of sulfone groups is 1. The van der Waals surface area contributed by atoms with E-state index in [2.05, 4.69) is 4.98 Å². The Morgan fingerprint density at radius 3 is 2.57 bits per heavy atom. The standard InChI is InChI=1S/C40H44F4N4O5S/c1-6-52-37(49)30(35(43)44)20-24-9-7-10-25(19-24)40(4)16-8-15-39(2,3)23-54(50,51)18-14-28-27-13-17-45-33(27)22-32(42)34(28)53-26-11-12-31(41)29(21-26)36-46-38(40)47-48(36)5/h7,9-13,17,19,21-22,30,35,45H,6,8,14-16,18,20,23H2,1-5H3. The van der Waals surface area contributed by atoms with Crippen LogP contribution in [-0.2, 0) is 44.7 Å². The van der Waals surface area contributed by atoms with Gasteiger partial charge in [0.15, 0.2) is 33.1 Å². The summed E-state index contributed by atoms with van der Waals surface area (Å²) >= 11 is 0. The van der Waals surface area contributed by atoms with E-state index in [1.807, 2.05) is 26.8 Å². The number of H-pyrrole nitrogens is 1. The highest BCUT2D eigenvalue weighted by Gasteiger charge is 2.37. The number of halogens is 4.